The van der Waals surface area contributed by atoms with Gasteiger partial charge in [0, 0.05) is 10.8 Å². The molecule has 1 aliphatic heterocycles. The third-order valence-corrected chi connectivity index (χ3v) is 3.27. The average Bonchev–Trinajstić information content (AvgIpc) is 2.30. The lowest BCUT2D eigenvalue weighted by atomic mass is 9.99. The van der Waals surface area contributed by atoms with Gasteiger partial charge in [0.15, 0.2) is 4.67 Å². The third kappa shape index (κ3) is 1.37. The van der Waals surface area contributed by atoms with Crippen molar-refractivity contribution >= 4 is 26.2 Å². The number of fused-ring (bicyclic) bond motifs is 2. The summed E-state index contributed by atoms with van der Waals surface area (Å²) < 4.78 is 6.60. The minimum Gasteiger partial charge on any atom is -0.474 e. The van der Waals surface area contributed by atoms with Gasteiger partial charge in [-0.25, -0.2) is 0 Å². The standard InChI is InChI=1S/C13H9BrO/c14-13-11-7-2-1-5-9(11)10-6-3-4-8-12(10)15-13/h1-8,12H. The summed E-state index contributed by atoms with van der Waals surface area (Å²) in [6.45, 7) is 0. The molecule has 1 aliphatic carbocycles. The molecule has 0 saturated carbocycles. The van der Waals surface area contributed by atoms with Gasteiger partial charge in [0.2, 0.25) is 0 Å². The van der Waals surface area contributed by atoms with Gasteiger partial charge in [-0.3, -0.25) is 0 Å². The maximum Gasteiger partial charge on any atom is 0.171 e. The van der Waals surface area contributed by atoms with Gasteiger partial charge >= 0.3 is 0 Å². The van der Waals surface area contributed by atoms with E-state index in [0.717, 1.165) is 9.89 Å². The van der Waals surface area contributed by atoms with Crippen LogP contribution in [0.3, 0.4) is 0 Å². The smallest absolute Gasteiger partial charge is 0.171 e. The fourth-order valence-electron chi connectivity index (χ4n) is 1.95. The van der Waals surface area contributed by atoms with Crippen LogP contribution in [0.5, 0.6) is 0 Å². The minimum absolute atomic E-state index is 0.0549. The van der Waals surface area contributed by atoms with E-state index in [1.54, 1.807) is 0 Å². The van der Waals surface area contributed by atoms with Crippen LogP contribution in [0, 0.1) is 0 Å². The van der Waals surface area contributed by atoms with Crippen molar-refractivity contribution in [1.82, 2.24) is 0 Å². The molecule has 0 fully saturated rings. The Morgan fingerprint density at radius 3 is 2.73 bits per heavy atom. The van der Waals surface area contributed by atoms with Gasteiger partial charge in [-0.1, -0.05) is 42.5 Å². The number of hydrogen-bond donors (Lipinski definition) is 0. The molecule has 0 N–H and O–H groups in total. The van der Waals surface area contributed by atoms with E-state index in [9.17, 15) is 0 Å². The van der Waals surface area contributed by atoms with Crippen molar-refractivity contribution in [1.29, 1.82) is 0 Å². The fourth-order valence-corrected chi connectivity index (χ4v) is 2.50. The van der Waals surface area contributed by atoms with Crippen molar-refractivity contribution in [3.05, 3.63) is 59.0 Å². The molecule has 1 aromatic carbocycles. The van der Waals surface area contributed by atoms with Gasteiger partial charge in [-0.05, 0) is 27.2 Å². The zero-order chi connectivity index (χ0) is 10.3. The summed E-state index contributed by atoms with van der Waals surface area (Å²) in [6.07, 6.45) is 8.29. The molecule has 2 heteroatoms. The maximum atomic E-state index is 5.77. The lowest BCUT2D eigenvalue weighted by Crippen LogP contribution is -2.36. The molecule has 3 rings (SSSR count). The predicted molar refractivity (Wildman–Crippen MR) is 64.6 cm³/mol. The number of allylic oxidation sites excluding steroid dienone is 2. The Balaban J connectivity index is 2.45. The molecule has 1 unspecified atom stereocenters. The van der Waals surface area contributed by atoms with Crippen LogP contribution in [0.4, 0.5) is 0 Å². The molecule has 0 radical (unpaired) electrons. The van der Waals surface area contributed by atoms with Crippen LogP contribution in [0.1, 0.15) is 0 Å². The van der Waals surface area contributed by atoms with Crippen LogP contribution in [0.25, 0.3) is 10.2 Å². The van der Waals surface area contributed by atoms with Crippen LogP contribution in [-0.4, -0.2) is 6.10 Å². The van der Waals surface area contributed by atoms with Crippen LogP contribution in [-0.2, 0) is 4.74 Å². The Kier molecular flexibility index (Phi) is 2.03. The second-order valence-electron chi connectivity index (χ2n) is 3.56. The Morgan fingerprint density at radius 2 is 1.87 bits per heavy atom. The van der Waals surface area contributed by atoms with Gasteiger partial charge < -0.3 is 4.74 Å². The van der Waals surface area contributed by atoms with Crippen molar-refractivity contribution in [2.75, 3.05) is 0 Å². The molecule has 0 amide bonds. The summed E-state index contributed by atoms with van der Waals surface area (Å²) in [5.41, 5.74) is 1.23. The van der Waals surface area contributed by atoms with E-state index in [1.165, 1.54) is 10.8 Å². The van der Waals surface area contributed by atoms with Crippen molar-refractivity contribution in [2.24, 2.45) is 0 Å². The molecule has 15 heavy (non-hydrogen) atoms. The normalized spacial score (nSPS) is 22.1. The summed E-state index contributed by atoms with van der Waals surface area (Å²) >= 11 is 3.47. The fraction of sp³-hybridized carbons (Fsp3) is 0.0769. The van der Waals surface area contributed by atoms with E-state index >= 15 is 0 Å². The van der Waals surface area contributed by atoms with Gasteiger partial charge in [-0.15, -0.1) is 0 Å². The SMILES string of the molecule is BrC1=c2ccccc2=C2C=CC=CC2O1. The van der Waals surface area contributed by atoms with Crippen molar-refractivity contribution in [3.8, 4) is 0 Å². The minimum atomic E-state index is 0.0549. The Bertz CT molecular complexity index is 581. The van der Waals surface area contributed by atoms with E-state index < -0.39 is 0 Å². The summed E-state index contributed by atoms with van der Waals surface area (Å²) in [7, 11) is 0. The molecule has 0 spiro atoms. The first-order valence-electron chi connectivity index (χ1n) is 4.87. The average molecular weight is 261 g/mol. The highest BCUT2D eigenvalue weighted by atomic mass is 79.9. The zero-order valence-corrected chi connectivity index (χ0v) is 9.57. The monoisotopic (exact) mass is 260 g/mol. The topological polar surface area (TPSA) is 9.23 Å². The number of rotatable bonds is 0. The first-order chi connectivity index (χ1) is 7.36. The molecular weight excluding hydrogens is 252 g/mol. The zero-order valence-electron chi connectivity index (χ0n) is 7.98. The second kappa shape index (κ2) is 3.38. The molecule has 1 heterocycles. The highest BCUT2D eigenvalue weighted by Crippen LogP contribution is 2.22. The van der Waals surface area contributed by atoms with Gasteiger partial charge in [0.1, 0.15) is 6.10 Å². The van der Waals surface area contributed by atoms with E-state index in [-0.39, 0.29) is 6.10 Å². The molecule has 0 saturated heterocycles. The van der Waals surface area contributed by atoms with Gasteiger partial charge in [0.05, 0.1) is 0 Å². The molecule has 1 aromatic rings. The van der Waals surface area contributed by atoms with Crippen LogP contribution in [0.15, 0.2) is 48.6 Å². The first kappa shape index (κ1) is 8.98. The van der Waals surface area contributed by atoms with Crippen LogP contribution >= 0.6 is 15.9 Å². The highest BCUT2D eigenvalue weighted by molar-refractivity contribution is 9.14. The molecular formula is C13H9BrO. The highest BCUT2D eigenvalue weighted by Gasteiger charge is 2.19. The van der Waals surface area contributed by atoms with Crippen molar-refractivity contribution in [2.45, 2.75) is 6.10 Å². The van der Waals surface area contributed by atoms with E-state index in [2.05, 4.69) is 46.3 Å². The van der Waals surface area contributed by atoms with Crippen molar-refractivity contribution in [3.63, 3.8) is 0 Å². The largest absolute Gasteiger partial charge is 0.474 e. The van der Waals surface area contributed by atoms with Crippen molar-refractivity contribution < 1.29 is 4.74 Å². The molecule has 1 atom stereocenters. The molecule has 74 valence electrons. The molecule has 0 aromatic heterocycles. The second-order valence-corrected chi connectivity index (χ2v) is 4.28. The molecule has 1 nitrogen and oxygen atoms in total. The summed E-state index contributed by atoms with van der Waals surface area (Å²) in [6, 6.07) is 8.27. The molecule has 2 aliphatic rings. The number of benzene rings is 1. The van der Waals surface area contributed by atoms with E-state index in [4.69, 9.17) is 4.74 Å². The lowest BCUT2D eigenvalue weighted by molar-refractivity contribution is 0.269. The lowest BCUT2D eigenvalue weighted by Gasteiger charge is -2.22. The maximum absolute atomic E-state index is 5.77. The third-order valence-electron chi connectivity index (χ3n) is 2.66. The number of hydrogen-bond acceptors (Lipinski definition) is 1. The van der Waals surface area contributed by atoms with Gasteiger partial charge in [-0.2, -0.15) is 0 Å². The predicted octanol–water partition coefficient (Wildman–Crippen LogP) is 1.82. The van der Waals surface area contributed by atoms with Gasteiger partial charge in [0.25, 0.3) is 0 Å². The van der Waals surface area contributed by atoms with E-state index in [0.29, 0.717) is 0 Å². The summed E-state index contributed by atoms with van der Waals surface area (Å²) in [5, 5.41) is 2.38. The summed E-state index contributed by atoms with van der Waals surface area (Å²) in [5.74, 6) is 0. The first-order valence-corrected chi connectivity index (χ1v) is 5.66. The Labute approximate surface area is 96.2 Å². The van der Waals surface area contributed by atoms with Crippen LogP contribution in [0.2, 0.25) is 0 Å². The number of ether oxygens (including phenoxy) is 1. The Morgan fingerprint density at radius 1 is 1.07 bits per heavy atom. The Hall–Kier alpha value is -1.28. The number of halogens is 1. The summed E-state index contributed by atoms with van der Waals surface area (Å²) in [4.78, 5) is 0. The quantitative estimate of drug-likeness (QED) is 0.692. The van der Waals surface area contributed by atoms with E-state index in [1.807, 2.05) is 18.2 Å². The molecule has 0 bridgehead atoms. The van der Waals surface area contributed by atoms with Crippen LogP contribution < -0.4 is 10.4 Å².